The minimum Gasteiger partial charge on any atom is -0.508 e. The molecule has 0 saturated heterocycles. The van der Waals surface area contributed by atoms with Gasteiger partial charge in [0.2, 0.25) is 0 Å². The highest BCUT2D eigenvalue weighted by Crippen LogP contribution is 2.38. The van der Waals surface area contributed by atoms with E-state index in [1.807, 2.05) is 0 Å². The zero-order chi connectivity index (χ0) is 13.5. The summed E-state index contributed by atoms with van der Waals surface area (Å²) in [5, 5.41) is 9.58. The van der Waals surface area contributed by atoms with Gasteiger partial charge in [-0.05, 0) is 6.42 Å². The summed E-state index contributed by atoms with van der Waals surface area (Å²) in [6.45, 7) is 2.16. The van der Waals surface area contributed by atoms with Crippen molar-refractivity contribution in [1.29, 1.82) is 0 Å². The van der Waals surface area contributed by atoms with Gasteiger partial charge in [-0.25, -0.2) is 0 Å². The van der Waals surface area contributed by atoms with Crippen molar-refractivity contribution in [2.24, 2.45) is 5.73 Å². The maximum atomic E-state index is 9.58. The van der Waals surface area contributed by atoms with Crippen molar-refractivity contribution >= 4 is 12.4 Å². The predicted molar refractivity (Wildman–Crippen MR) is 79.5 cm³/mol. The third-order valence-electron chi connectivity index (χ3n) is 3.02. The maximum Gasteiger partial charge on any atom is 0.131 e. The highest BCUT2D eigenvalue weighted by molar-refractivity contribution is 5.85. The van der Waals surface area contributed by atoms with Gasteiger partial charge in [0, 0.05) is 18.2 Å². The lowest BCUT2D eigenvalue weighted by molar-refractivity contribution is 0.368. The van der Waals surface area contributed by atoms with Crippen molar-refractivity contribution < 1.29 is 14.6 Å². The molecular formula is C14H24ClNO3. The Morgan fingerprint density at radius 1 is 1.16 bits per heavy atom. The molecule has 0 spiro atoms. The van der Waals surface area contributed by atoms with Crippen LogP contribution in [0, 0.1) is 0 Å². The number of halogens is 1. The fourth-order valence-electron chi connectivity index (χ4n) is 2.05. The number of nitrogens with two attached hydrogens (primary N) is 1. The average Bonchev–Trinajstić information content (AvgIpc) is 2.37. The van der Waals surface area contributed by atoms with Crippen molar-refractivity contribution in [2.45, 2.75) is 38.6 Å². The maximum absolute atomic E-state index is 9.58. The minimum atomic E-state index is -0.137. The molecule has 0 bridgehead atoms. The number of phenolic OH excluding ortho intramolecular Hbond substituents is 1. The first-order valence-electron chi connectivity index (χ1n) is 6.34. The van der Waals surface area contributed by atoms with Crippen LogP contribution in [0.2, 0.25) is 0 Å². The molecule has 0 radical (unpaired) electrons. The molecule has 0 aromatic heterocycles. The largest absolute Gasteiger partial charge is 0.508 e. The molecule has 4 nitrogen and oxygen atoms in total. The monoisotopic (exact) mass is 289 g/mol. The van der Waals surface area contributed by atoms with Crippen LogP contribution in [0.25, 0.3) is 0 Å². The summed E-state index contributed by atoms with van der Waals surface area (Å²) < 4.78 is 10.6. The highest BCUT2D eigenvalue weighted by Gasteiger charge is 2.18. The Bertz CT molecular complexity index is 360. The lowest BCUT2D eigenvalue weighted by atomic mass is 9.99. The van der Waals surface area contributed by atoms with E-state index in [0.717, 1.165) is 31.2 Å². The molecule has 5 heteroatoms. The summed E-state index contributed by atoms with van der Waals surface area (Å²) in [6, 6.07) is 3.00. The molecule has 110 valence electrons. The van der Waals surface area contributed by atoms with Crippen LogP contribution < -0.4 is 15.2 Å². The van der Waals surface area contributed by atoms with Gasteiger partial charge in [0.1, 0.15) is 17.2 Å². The summed E-state index contributed by atoms with van der Waals surface area (Å²) in [5.74, 6) is 1.28. The quantitative estimate of drug-likeness (QED) is 0.755. The van der Waals surface area contributed by atoms with Crippen LogP contribution >= 0.6 is 12.4 Å². The van der Waals surface area contributed by atoms with Gasteiger partial charge in [0.05, 0.1) is 19.8 Å². The second-order valence-corrected chi connectivity index (χ2v) is 4.37. The standard InChI is InChI=1S/C14H23NO3.ClH/c1-4-5-6-7-11(15)14-12(17-2)8-10(16)9-13(14)18-3;/h8-9,11,16H,4-7,15H2,1-3H3;1H/t11-;/m0./s1. The molecule has 0 aliphatic rings. The van der Waals surface area contributed by atoms with E-state index in [0.29, 0.717) is 11.5 Å². The molecular weight excluding hydrogens is 266 g/mol. The molecule has 1 atom stereocenters. The van der Waals surface area contributed by atoms with Crippen LogP contribution in [-0.4, -0.2) is 19.3 Å². The van der Waals surface area contributed by atoms with Crippen LogP contribution in [0.3, 0.4) is 0 Å². The molecule has 0 saturated carbocycles. The van der Waals surface area contributed by atoms with Crippen LogP contribution in [0.4, 0.5) is 0 Å². The number of benzene rings is 1. The van der Waals surface area contributed by atoms with Crippen molar-refractivity contribution in [1.82, 2.24) is 0 Å². The summed E-state index contributed by atoms with van der Waals surface area (Å²) >= 11 is 0. The molecule has 0 fully saturated rings. The van der Waals surface area contributed by atoms with Crippen LogP contribution in [-0.2, 0) is 0 Å². The predicted octanol–water partition coefficient (Wildman–Crippen LogP) is 3.41. The topological polar surface area (TPSA) is 64.7 Å². The lowest BCUT2D eigenvalue weighted by Crippen LogP contribution is -2.13. The number of hydrogen-bond acceptors (Lipinski definition) is 4. The second kappa shape index (κ2) is 8.88. The van der Waals surface area contributed by atoms with Gasteiger partial charge < -0.3 is 20.3 Å². The third kappa shape index (κ3) is 4.80. The van der Waals surface area contributed by atoms with Crippen LogP contribution in [0.1, 0.15) is 44.2 Å². The third-order valence-corrected chi connectivity index (χ3v) is 3.02. The number of methoxy groups -OCH3 is 2. The average molecular weight is 290 g/mol. The molecule has 0 aliphatic heterocycles. The fourth-order valence-corrected chi connectivity index (χ4v) is 2.05. The van der Waals surface area contributed by atoms with E-state index in [4.69, 9.17) is 15.2 Å². The minimum absolute atomic E-state index is 0. The van der Waals surface area contributed by atoms with Gasteiger partial charge in [-0.15, -0.1) is 12.4 Å². The molecule has 3 N–H and O–H groups in total. The van der Waals surface area contributed by atoms with Crippen molar-refractivity contribution in [3.63, 3.8) is 0 Å². The lowest BCUT2D eigenvalue weighted by Gasteiger charge is -2.19. The van der Waals surface area contributed by atoms with Crippen molar-refractivity contribution in [3.8, 4) is 17.2 Å². The number of ether oxygens (including phenoxy) is 2. The van der Waals surface area contributed by atoms with Gasteiger partial charge in [0.15, 0.2) is 0 Å². The Labute approximate surface area is 121 Å². The highest BCUT2D eigenvalue weighted by atomic mass is 35.5. The summed E-state index contributed by atoms with van der Waals surface area (Å²) in [7, 11) is 3.13. The number of hydrogen-bond donors (Lipinski definition) is 2. The van der Waals surface area contributed by atoms with Gasteiger partial charge in [-0.3, -0.25) is 0 Å². The number of unbranched alkanes of at least 4 members (excludes halogenated alkanes) is 2. The van der Waals surface area contributed by atoms with Gasteiger partial charge >= 0.3 is 0 Å². The first kappa shape index (κ1) is 17.9. The normalized spacial score (nSPS) is 11.6. The van der Waals surface area contributed by atoms with E-state index in [9.17, 15) is 5.11 Å². The Balaban J connectivity index is 0.00000324. The molecule has 0 unspecified atom stereocenters. The summed E-state index contributed by atoms with van der Waals surface area (Å²) in [5.41, 5.74) is 7.02. The zero-order valence-corrected chi connectivity index (χ0v) is 12.6. The number of rotatable bonds is 7. The van der Waals surface area contributed by atoms with E-state index in [1.165, 1.54) is 0 Å². The van der Waals surface area contributed by atoms with Crippen LogP contribution in [0.15, 0.2) is 12.1 Å². The molecule has 1 aromatic carbocycles. The molecule has 0 amide bonds. The SMILES string of the molecule is CCCCC[C@H](N)c1c(OC)cc(O)cc1OC.Cl. The van der Waals surface area contributed by atoms with E-state index < -0.39 is 0 Å². The van der Waals surface area contributed by atoms with Gasteiger partial charge in [-0.1, -0.05) is 26.2 Å². The van der Waals surface area contributed by atoms with E-state index >= 15 is 0 Å². The Morgan fingerprint density at radius 3 is 2.11 bits per heavy atom. The number of aromatic hydroxyl groups is 1. The molecule has 1 rings (SSSR count). The van der Waals surface area contributed by atoms with E-state index in [2.05, 4.69) is 6.92 Å². The van der Waals surface area contributed by atoms with Gasteiger partial charge in [-0.2, -0.15) is 0 Å². The van der Waals surface area contributed by atoms with Crippen LogP contribution in [0.5, 0.6) is 17.2 Å². The van der Waals surface area contributed by atoms with Crippen molar-refractivity contribution in [2.75, 3.05) is 14.2 Å². The van der Waals surface area contributed by atoms with E-state index in [1.54, 1.807) is 26.4 Å². The number of phenols is 1. The fraction of sp³-hybridized carbons (Fsp3) is 0.571. The molecule has 1 aromatic rings. The molecule has 0 aliphatic carbocycles. The molecule has 0 heterocycles. The first-order valence-corrected chi connectivity index (χ1v) is 6.34. The summed E-state index contributed by atoms with van der Waals surface area (Å²) in [6.07, 6.45) is 4.28. The Kier molecular flexibility index (Phi) is 8.35. The van der Waals surface area contributed by atoms with Gasteiger partial charge in [0.25, 0.3) is 0 Å². The second-order valence-electron chi connectivity index (χ2n) is 4.37. The van der Waals surface area contributed by atoms with Crippen molar-refractivity contribution in [3.05, 3.63) is 17.7 Å². The van der Waals surface area contributed by atoms with E-state index in [-0.39, 0.29) is 24.2 Å². The zero-order valence-electron chi connectivity index (χ0n) is 11.8. The molecule has 19 heavy (non-hydrogen) atoms. The smallest absolute Gasteiger partial charge is 0.131 e. The Morgan fingerprint density at radius 2 is 1.68 bits per heavy atom. The first-order chi connectivity index (χ1) is 8.63. The Hall–Kier alpha value is -1.13. The summed E-state index contributed by atoms with van der Waals surface area (Å²) in [4.78, 5) is 0.